The summed E-state index contributed by atoms with van der Waals surface area (Å²) in [5.41, 5.74) is 0.390. The largest absolute Gasteiger partial charge is 0.379 e. The van der Waals surface area contributed by atoms with Crippen molar-refractivity contribution < 1.29 is 23.7 Å². The van der Waals surface area contributed by atoms with Crippen LogP contribution in [0.25, 0.3) is 0 Å². The molecule has 154 valence electrons. The number of nitrogens with one attached hydrogen (secondary N) is 1. The molecule has 1 aromatic rings. The molecule has 0 bridgehead atoms. The van der Waals surface area contributed by atoms with Gasteiger partial charge in [-0.05, 0) is 18.6 Å². The minimum Gasteiger partial charge on any atom is -0.379 e. The highest BCUT2D eigenvalue weighted by Crippen LogP contribution is 2.07. The number of rotatable bonds is 17. The minimum absolute atomic E-state index is 0.00684. The third-order valence-electron chi connectivity index (χ3n) is 3.46. The molecule has 0 amide bonds. The molecule has 0 aliphatic heterocycles. The van der Waals surface area contributed by atoms with E-state index in [1.54, 1.807) is 12.1 Å². The van der Waals surface area contributed by atoms with Gasteiger partial charge in [0.1, 0.15) is 11.5 Å². The van der Waals surface area contributed by atoms with Gasteiger partial charge in [0.15, 0.2) is 5.78 Å². The zero-order valence-corrected chi connectivity index (χ0v) is 16.7. The number of hydrogen-bond donors (Lipinski definition) is 1. The Kier molecular flexibility index (Phi) is 13.4. The van der Waals surface area contributed by atoms with Crippen LogP contribution in [0.2, 0.25) is 0 Å². The highest BCUT2D eigenvalue weighted by molar-refractivity contribution is 5.95. The Balaban J connectivity index is 1.92. The molecule has 8 heteroatoms. The van der Waals surface area contributed by atoms with Gasteiger partial charge in [-0.2, -0.15) is 0 Å². The van der Waals surface area contributed by atoms with Crippen molar-refractivity contribution in [2.24, 2.45) is 5.92 Å². The molecule has 27 heavy (non-hydrogen) atoms. The SMILES string of the molecule is CCCOCCOCCOCCOCCNc1ccc(C(=O)C(C)C)nn1. The van der Waals surface area contributed by atoms with Crippen molar-refractivity contribution in [1.82, 2.24) is 10.2 Å². The van der Waals surface area contributed by atoms with E-state index in [-0.39, 0.29) is 11.7 Å². The summed E-state index contributed by atoms with van der Waals surface area (Å²) < 4.78 is 21.6. The van der Waals surface area contributed by atoms with Gasteiger partial charge in [0, 0.05) is 19.1 Å². The van der Waals surface area contributed by atoms with Crippen LogP contribution < -0.4 is 5.32 Å². The Morgan fingerprint density at radius 1 is 0.889 bits per heavy atom. The highest BCUT2D eigenvalue weighted by atomic mass is 16.6. The summed E-state index contributed by atoms with van der Waals surface area (Å²) in [5, 5.41) is 11.0. The van der Waals surface area contributed by atoms with E-state index in [0.717, 1.165) is 13.0 Å². The molecule has 0 aliphatic carbocycles. The molecular formula is C19H33N3O5. The zero-order valence-electron chi connectivity index (χ0n) is 16.7. The maximum atomic E-state index is 11.8. The van der Waals surface area contributed by atoms with Gasteiger partial charge < -0.3 is 24.3 Å². The quantitative estimate of drug-likeness (QED) is 0.323. The first-order chi connectivity index (χ1) is 13.1. The van der Waals surface area contributed by atoms with Gasteiger partial charge in [0.2, 0.25) is 0 Å². The van der Waals surface area contributed by atoms with Crippen LogP contribution in [0.4, 0.5) is 5.82 Å². The summed E-state index contributed by atoms with van der Waals surface area (Å²) in [4.78, 5) is 11.8. The molecule has 1 aromatic heterocycles. The second kappa shape index (κ2) is 15.4. The second-order valence-corrected chi connectivity index (χ2v) is 6.20. The van der Waals surface area contributed by atoms with Crippen molar-refractivity contribution in [2.75, 3.05) is 64.7 Å². The predicted octanol–water partition coefficient (Wildman–Crippen LogP) is 2.20. The molecule has 0 saturated carbocycles. The first kappa shape index (κ1) is 23.4. The number of Topliss-reactive ketones (excluding diaryl/α,β-unsaturated/α-hetero) is 1. The van der Waals surface area contributed by atoms with E-state index in [2.05, 4.69) is 22.4 Å². The normalized spacial score (nSPS) is 11.1. The first-order valence-corrected chi connectivity index (χ1v) is 9.58. The molecular weight excluding hydrogens is 350 g/mol. The van der Waals surface area contributed by atoms with Gasteiger partial charge >= 0.3 is 0 Å². The Labute approximate surface area is 161 Å². The topological polar surface area (TPSA) is 91.8 Å². The molecule has 0 aromatic carbocycles. The summed E-state index contributed by atoms with van der Waals surface area (Å²) in [6.45, 7) is 11.1. The van der Waals surface area contributed by atoms with Gasteiger partial charge in [-0.15, -0.1) is 10.2 Å². The average molecular weight is 383 g/mol. The van der Waals surface area contributed by atoms with Crippen LogP contribution in [-0.2, 0) is 18.9 Å². The number of ether oxygens (including phenoxy) is 4. The molecule has 8 nitrogen and oxygen atoms in total. The molecule has 0 aliphatic rings. The van der Waals surface area contributed by atoms with E-state index in [1.165, 1.54) is 0 Å². The van der Waals surface area contributed by atoms with Crippen LogP contribution in [0.3, 0.4) is 0 Å². The summed E-state index contributed by atoms with van der Waals surface area (Å²) >= 11 is 0. The summed E-state index contributed by atoms with van der Waals surface area (Å²) in [6, 6.07) is 3.43. The number of nitrogens with zero attached hydrogens (tertiary/aromatic N) is 2. The Hall–Kier alpha value is -1.61. The lowest BCUT2D eigenvalue weighted by Gasteiger charge is -2.08. The highest BCUT2D eigenvalue weighted by Gasteiger charge is 2.12. The molecule has 0 radical (unpaired) electrons. The molecule has 1 N–H and O–H groups in total. The predicted molar refractivity (Wildman–Crippen MR) is 103 cm³/mol. The molecule has 1 heterocycles. The van der Waals surface area contributed by atoms with Crippen molar-refractivity contribution in [2.45, 2.75) is 27.2 Å². The number of hydrogen-bond acceptors (Lipinski definition) is 8. The van der Waals surface area contributed by atoms with Crippen molar-refractivity contribution in [1.29, 1.82) is 0 Å². The number of anilines is 1. The van der Waals surface area contributed by atoms with Crippen molar-refractivity contribution in [3.63, 3.8) is 0 Å². The van der Waals surface area contributed by atoms with E-state index >= 15 is 0 Å². The van der Waals surface area contributed by atoms with Crippen molar-refractivity contribution in [3.05, 3.63) is 17.8 Å². The van der Waals surface area contributed by atoms with Crippen LogP contribution in [-0.4, -0.2) is 75.4 Å². The smallest absolute Gasteiger partial charge is 0.185 e. The van der Waals surface area contributed by atoms with E-state index < -0.39 is 0 Å². The number of carbonyl (C=O) groups excluding carboxylic acids is 1. The summed E-state index contributed by atoms with van der Waals surface area (Å²) in [7, 11) is 0. The third kappa shape index (κ3) is 11.7. The number of carbonyl (C=O) groups is 1. The van der Waals surface area contributed by atoms with Crippen LogP contribution in [0.15, 0.2) is 12.1 Å². The monoisotopic (exact) mass is 383 g/mol. The number of ketones is 1. The lowest BCUT2D eigenvalue weighted by Crippen LogP contribution is -2.15. The fraction of sp³-hybridized carbons (Fsp3) is 0.737. The fourth-order valence-corrected chi connectivity index (χ4v) is 2.01. The van der Waals surface area contributed by atoms with Crippen molar-refractivity contribution >= 4 is 11.6 Å². The van der Waals surface area contributed by atoms with Gasteiger partial charge in [-0.3, -0.25) is 4.79 Å². The summed E-state index contributed by atoms with van der Waals surface area (Å²) in [5.74, 6) is 0.530. The van der Waals surface area contributed by atoms with Gasteiger partial charge in [0.25, 0.3) is 0 Å². The zero-order chi connectivity index (χ0) is 19.7. The second-order valence-electron chi connectivity index (χ2n) is 6.20. The van der Waals surface area contributed by atoms with Crippen LogP contribution in [0.1, 0.15) is 37.7 Å². The maximum absolute atomic E-state index is 11.8. The summed E-state index contributed by atoms with van der Waals surface area (Å²) in [6.07, 6.45) is 1.03. The molecule has 0 atom stereocenters. The maximum Gasteiger partial charge on any atom is 0.185 e. The molecule has 0 fully saturated rings. The van der Waals surface area contributed by atoms with Gasteiger partial charge in [-0.25, -0.2) is 0 Å². The Morgan fingerprint density at radius 3 is 1.93 bits per heavy atom. The van der Waals surface area contributed by atoms with E-state index in [1.807, 2.05) is 13.8 Å². The Bertz CT molecular complexity index is 497. The lowest BCUT2D eigenvalue weighted by molar-refractivity contribution is -0.000690. The average Bonchev–Trinajstić information content (AvgIpc) is 2.68. The first-order valence-electron chi connectivity index (χ1n) is 9.58. The van der Waals surface area contributed by atoms with E-state index in [4.69, 9.17) is 18.9 Å². The molecule has 0 saturated heterocycles. The van der Waals surface area contributed by atoms with Crippen LogP contribution in [0.5, 0.6) is 0 Å². The Morgan fingerprint density at radius 2 is 1.44 bits per heavy atom. The van der Waals surface area contributed by atoms with Crippen LogP contribution in [0, 0.1) is 5.92 Å². The molecule has 1 rings (SSSR count). The van der Waals surface area contributed by atoms with E-state index in [9.17, 15) is 4.79 Å². The van der Waals surface area contributed by atoms with Gasteiger partial charge in [0.05, 0.1) is 46.2 Å². The minimum atomic E-state index is -0.0832. The molecule has 0 unspecified atom stereocenters. The lowest BCUT2D eigenvalue weighted by atomic mass is 10.1. The van der Waals surface area contributed by atoms with Gasteiger partial charge in [-0.1, -0.05) is 20.8 Å². The standard InChI is InChI=1S/C19H33N3O5/c1-4-8-24-10-12-26-14-15-27-13-11-25-9-7-20-18-6-5-17(21-22-18)19(23)16(2)3/h5-6,16H,4,7-15H2,1-3H3,(H,20,22). The number of aromatic nitrogens is 2. The van der Waals surface area contributed by atoms with Crippen molar-refractivity contribution in [3.8, 4) is 0 Å². The third-order valence-corrected chi connectivity index (χ3v) is 3.46. The van der Waals surface area contributed by atoms with E-state index in [0.29, 0.717) is 64.3 Å². The fourth-order valence-electron chi connectivity index (χ4n) is 2.01. The molecule has 0 spiro atoms. The van der Waals surface area contributed by atoms with Crippen LogP contribution >= 0.6 is 0 Å².